The molecule has 1 saturated heterocycles. The summed E-state index contributed by atoms with van der Waals surface area (Å²) in [6.45, 7) is 0.862. The van der Waals surface area contributed by atoms with Crippen molar-refractivity contribution in [2.75, 3.05) is 11.9 Å². The Morgan fingerprint density at radius 1 is 1.25 bits per heavy atom. The van der Waals surface area contributed by atoms with Gasteiger partial charge in [-0.1, -0.05) is 0 Å². The Hall–Kier alpha value is -1.20. The predicted octanol–water partition coefficient (Wildman–Crippen LogP) is 3.37. The van der Waals surface area contributed by atoms with E-state index in [0.29, 0.717) is 12.1 Å². The number of hydrogen-bond acceptors (Lipinski definition) is 4. The van der Waals surface area contributed by atoms with Crippen LogP contribution in [0.15, 0.2) is 29.0 Å². The number of pyridine rings is 2. The van der Waals surface area contributed by atoms with Gasteiger partial charge in [0, 0.05) is 23.5 Å². The fourth-order valence-electron chi connectivity index (χ4n) is 2.98. The largest absolute Gasteiger partial charge is 0.378 e. The van der Waals surface area contributed by atoms with Gasteiger partial charge in [0.2, 0.25) is 0 Å². The lowest BCUT2D eigenvalue weighted by atomic mass is 10.1. The molecule has 1 aliphatic heterocycles. The van der Waals surface area contributed by atoms with E-state index in [1.807, 2.05) is 24.5 Å². The maximum Gasteiger partial charge on any atom is 0.112 e. The molecule has 3 heterocycles. The summed E-state index contributed by atoms with van der Waals surface area (Å²) < 4.78 is 6.84. The summed E-state index contributed by atoms with van der Waals surface area (Å²) in [6.07, 6.45) is 7.71. The normalized spacial score (nSPS) is 26.1. The quantitative estimate of drug-likeness (QED) is 0.935. The molecule has 4 nitrogen and oxygen atoms in total. The molecular formula is C15H16BrN3O. The van der Waals surface area contributed by atoms with Crippen LogP contribution in [0.4, 0.5) is 5.69 Å². The van der Waals surface area contributed by atoms with E-state index < -0.39 is 0 Å². The van der Waals surface area contributed by atoms with Crippen molar-refractivity contribution in [1.29, 1.82) is 0 Å². The van der Waals surface area contributed by atoms with E-state index >= 15 is 0 Å². The number of halogens is 1. The van der Waals surface area contributed by atoms with Gasteiger partial charge in [-0.25, -0.2) is 0 Å². The minimum Gasteiger partial charge on any atom is -0.378 e. The van der Waals surface area contributed by atoms with Crippen LogP contribution in [0.5, 0.6) is 0 Å². The van der Waals surface area contributed by atoms with Gasteiger partial charge in [-0.15, -0.1) is 0 Å². The van der Waals surface area contributed by atoms with Crippen LogP contribution < -0.4 is 5.32 Å². The average Bonchev–Trinajstić information content (AvgIpc) is 3.19. The Kier molecular flexibility index (Phi) is 3.11. The summed E-state index contributed by atoms with van der Waals surface area (Å²) in [5.41, 5.74) is 2.90. The minimum atomic E-state index is 0.369. The van der Waals surface area contributed by atoms with Crippen LogP contribution in [0.3, 0.4) is 0 Å². The van der Waals surface area contributed by atoms with Crippen LogP contribution in [0, 0.1) is 5.92 Å². The van der Waals surface area contributed by atoms with Crippen molar-refractivity contribution in [2.45, 2.75) is 31.4 Å². The highest BCUT2D eigenvalue weighted by atomic mass is 79.9. The first-order valence-electron chi connectivity index (χ1n) is 7.10. The third-order valence-corrected chi connectivity index (χ3v) is 4.54. The molecule has 0 bridgehead atoms. The molecule has 2 unspecified atom stereocenters. The van der Waals surface area contributed by atoms with Crippen molar-refractivity contribution in [3.05, 3.63) is 29.0 Å². The Balaban J connectivity index is 1.65. The Morgan fingerprint density at radius 2 is 2.15 bits per heavy atom. The smallest absolute Gasteiger partial charge is 0.112 e. The van der Waals surface area contributed by atoms with Crippen LogP contribution in [0.25, 0.3) is 11.0 Å². The molecule has 2 aromatic rings. The van der Waals surface area contributed by atoms with Crippen molar-refractivity contribution in [1.82, 2.24) is 9.97 Å². The van der Waals surface area contributed by atoms with Crippen LogP contribution in [-0.2, 0) is 4.74 Å². The standard InChI is InChI=1S/C15H16BrN3O/c16-10-7-13-14(18-8-10)11(3-5-17-13)19-12-4-6-20-15(12)9-1-2-9/h3,5,7-9,12,15H,1-2,4,6H2,(H,17,19). The second kappa shape index (κ2) is 4.97. The van der Waals surface area contributed by atoms with Crippen LogP contribution >= 0.6 is 15.9 Å². The van der Waals surface area contributed by atoms with Crippen molar-refractivity contribution in [2.24, 2.45) is 5.92 Å². The molecule has 1 saturated carbocycles. The van der Waals surface area contributed by atoms with E-state index in [-0.39, 0.29) is 0 Å². The molecule has 0 radical (unpaired) electrons. The highest BCUT2D eigenvalue weighted by molar-refractivity contribution is 9.10. The van der Waals surface area contributed by atoms with E-state index in [0.717, 1.165) is 40.1 Å². The Labute approximate surface area is 126 Å². The van der Waals surface area contributed by atoms with E-state index in [1.165, 1.54) is 12.8 Å². The van der Waals surface area contributed by atoms with Gasteiger partial charge in [0.25, 0.3) is 0 Å². The van der Waals surface area contributed by atoms with Gasteiger partial charge >= 0.3 is 0 Å². The monoisotopic (exact) mass is 333 g/mol. The molecule has 20 heavy (non-hydrogen) atoms. The molecule has 5 heteroatoms. The summed E-state index contributed by atoms with van der Waals surface area (Å²) in [6, 6.07) is 4.40. The highest BCUT2D eigenvalue weighted by Gasteiger charge is 2.40. The molecular weight excluding hydrogens is 318 g/mol. The maximum atomic E-state index is 5.89. The number of hydrogen-bond donors (Lipinski definition) is 1. The summed E-state index contributed by atoms with van der Waals surface area (Å²) in [7, 11) is 0. The van der Waals surface area contributed by atoms with Gasteiger partial charge in [-0.3, -0.25) is 9.97 Å². The molecule has 2 aromatic heterocycles. The number of ether oxygens (including phenoxy) is 1. The van der Waals surface area contributed by atoms with Crippen molar-refractivity contribution in [3.63, 3.8) is 0 Å². The first-order chi connectivity index (χ1) is 9.81. The zero-order chi connectivity index (χ0) is 13.5. The molecule has 0 spiro atoms. The van der Waals surface area contributed by atoms with E-state index in [4.69, 9.17) is 4.74 Å². The molecule has 104 valence electrons. The first kappa shape index (κ1) is 12.5. The van der Waals surface area contributed by atoms with Gasteiger partial charge in [-0.05, 0) is 53.2 Å². The number of fused-ring (bicyclic) bond motifs is 1. The average molecular weight is 334 g/mol. The summed E-state index contributed by atoms with van der Waals surface area (Å²) >= 11 is 3.44. The van der Waals surface area contributed by atoms with Crippen molar-refractivity contribution in [3.8, 4) is 0 Å². The lowest BCUT2D eigenvalue weighted by Gasteiger charge is -2.21. The number of nitrogens with zero attached hydrogens (tertiary/aromatic N) is 2. The lowest BCUT2D eigenvalue weighted by Crippen LogP contribution is -2.31. The zero-order valence-electron chi connectivity index (χ0n) is 11.1. The van der Waals surface area contributed by atoms with Gasteiger partial charge in [0.05, 0.1) is 23.3 Å². The van der Waals surface area contributed by atoms with E-state index in [1.54, 1.807) is 0 Å². The molecule has 2 atom stereocenters. The second-order valence-electron chi connectivity index (χ2n) is 5.59. The summed E-state index contributed by atoms with van der Waals surface area (Å²) in [5, 5.41) is 3.63. The first-order valence-corrected chi connectivity index (χ1v) is 7.89. The van der Waals surface area contributed by atoms with E-state index in [2.05, 4.69) is 31.2 Å². The van der Waals surface area contributed by atoms with Crippen LogP contribution in [0.1, 0.15) is 19.3 Å². The highest BCUT2D eigenvalue weighted by Crippen LogP contribution is 2.40. The second-order valence-corrected chi connectivity index (χ2v) is 6.51. The molecule has 1 aliphatic carbocycles. The molecule has 0 aromatic carbocycles. The third kappa shape index (κ3) is 2.29. The van der Waals surface area contributed by atoms with Gasteiger partial charge < -0.3 is 10.1 Å². The molecule has 0 amide bonds. The number of nitrogens with one attached hydrogen (secondary N) is 1. The third-order valence-electron chi connectivity index (χ3n) is 4.11. The fourth-order valence-corrected chi connectivity index (χ4v) is 3.30. The predicted molar refractivity (Wildman–Crippen MR) is 81.7 cm³/mol. The summed E-state index contributed by atoms with van der Waals surface area (Å²) in [5.74, 6) is 0.755. The van der Waals surface area contributed by atoms with Crippen LogP contribution in [0.2, 0.25) is 0 Å². The summed E-state index contributed by atoms with van der Waals surface area (Å²) in [4.78, 5) is 8.88. The topological polar surface area (TPSA) is 47.0 Å². The molecule has 1 N–H and O–H groups in total. The minimum absolute atomic E-state index is 0.369. The number of aromatic nitrogens is 2. The van der Waals surface area contributed by atoms with Gasteiger partial charge in [0.15, 0.2) is 0 Å². The Bertz CT molecular complexity index is 644. The maximum absolute atomic E-state index is 5.89. The SMILES string of the molecule is Brc1cnc2c(NC3CCOC3C3CC3)ccnc2c1. The van der Waals surface area contributed by atoms with Crippen molar-refractivity contribution >= 4 is 32.7 Å². The zero-order valence-corrected chi connectivity index (χ0v) is 12.6. The molecule has 4 rings (SSSR count). The lowest BCUT2D eigenvalue weighted by molar-refractivity contribution is 0.0899. The van der Waals surface area contributed by atoms with Crippen LogP contribution in [-0.4, -0.2) is 28.7 Å². The van der Waals surface area contributed by atoms with E-state index in [9.17, 15) is 0 Å². The number of rotatable bonds is 3. The van der Waals surface area contributed by atoms with Gasteiger partial charge in [0.1, 0.15) is 5.52 Å². The number of anilines is 1. The fraction of sp³-hybridized carbons (Fsp3) is 0.467. The molecule has 2 fully saturated rings. The van der Waals surface area contributed by atoms with Crippen molar-refractivity contribution < 1.29 is 4.74 Å². The molecule has 2 aliphatic rings. The van der Waals surface area contributed by atoms with Gasteiger partial charge in [-0.2, -0.15) is 0 Å². The Morgan fingerprint density at radius 3 is 3.00 bits per heavy atom.